The Hall–Kier alpha value is -2.53. The Kier molecular flexibility index (Phi) is 6.12. The first-order valence-corrected chi connectivity index (χ1v) is 10.4. The lowest BCUT2D eigenvalue weighted by Gasteiger charge is -2.33. The van der Waals surface area contributed by atoms with Gasteiger partial charge in [-0.2, -0.15) is 4.98 Å². The van der Waals surface area contributed by atoms with Gasteiger partial charge in [0.05, 0.1) is 11.0 Å². The van der Waals surface area contributed by atoms with Crippen molar-refractivity contribution in [2.45, 2.75) is 45.1 Å². The number of aromatic nitrogens is 2. The van der Waals surface area contributed by atoms with Crippen LogP contribution in [0.2, 0.25) is 0 Å². The zero-order chi connectivity index (χ0) is 19.2. The number of para-hydroxylation sites is 2. The molecule has 0 aliphatic heterocycles. The van der Waals surface area contributed by atoms with Crippen LogP contribution in [-0.2, 0) is 0 Å². The molecule has 1 aliphatic carbocycles. The highest BCUT2D eigenvalue weighted by Crippen LogP contribution is 2.25. The molecular formula is C23H29N3O2. The summed E-state index contributed by atoms with van der Waals surface area (Å²) in [4.78, 5) is 10.2. The summed E-state index contributed by atoms with van der Waals surface area (Å²) in [5.41, 5.74) is 1.87. The van der Waals surface area contributed by atoms with E-state index >= 15 is 0 Å². The fourth-order valence-corrected chi connectivity index (χ4v) is 4.02. The summed E-state index contributed by atoms with van der Waals surface area (Å²) in [6, 6.07) is 16.9. The molecule has 0 saturated heterocycles. The molecule has 5 heteroatoms. The van der Waals surface area contributed by atoms with Gasteiger partial charge in [-0.3, -0.25) is 4.90 Å². The van der Waals surface area contributed by atoms with Gasteiger partial charge in [0.2, 0.25) is 0 Å². The van der Waals surface area contributed by atoms with E-state index in [2.05, 4.69) is 21.8 Å². The summed E-state index contributed by atoms with van der Waals surface area (Å²) >= 11 is 0. The van der Waals surface area contributed by atoms with Gasteiger partial charge in [0.1, 0.15) is 18.1 Å². The number of imidazole rings is 1. The van der Waals surface area contributed by atoms with E-state index in [9.17, 15) is 0 Å². The number of rotatable bonds is 8. The van der Waals surface area contributed by atoms with Crippen LogP contribution in [0.15, 0.2) is 48.5 Å². The molecule has 0 amide bonds. The van der Waals surface area contributed by atoms with Gasteiger partial charge in [0.25, 0.3) is 6.01 Å². The summed E-state index contributed by atoms with van der Waals surface area (Å²) in [5.74, 6) is 1.61. The number of fused-ring (bicyclic) bond motifs is 1. The number of aromatic amines is 1. The Balaban J connectivity index is 1.28. The molecule has 0 spiro atoms. The van der Waals surface area contributed by atoms with Crippen LogP contribution in [0.1, 0.15) is 39.0 Å². The zero-order valence-electron chi connectivity index (χ0n) is 16.6. The third-order valence-corrected chi connectivity index (χ3v) is 5.55. The third kappa shape index (κ3) is 4.65. The van der Waals surface area contributed by atoms with Gasteiger partial charge in [-0.25, -0.2) is 0 Å². The van der Waals surface area contributed by atoms with Gasteiger partial charge in [-0.15, -0.1) is 0 Å². The van der Waals surface area contributed by atoms with Crippen LogP contribution in [0.25, 0.3) is 11.0 Å². The van der Waals surface area contributed by atoms with Crippen LogP contribution in [-0.4, -0.2) is 40.6 Å². The van der Waals surface area contributed by atoms with E-state index in [0.29, 0.717) is 12.6 Å². The van der Waals surface area contributed by atoms with Crippen molar-refractivity contribution in [2.24, 2.45) is 0 Å². The minimum absolute atomic E-state index is 0.501. The van der Waals surface area contributed by atoms with Crippen LogP contribution in [0, 0.1) is 0 Å². The van der Waals surface area contributed by atoms with Crippen LogP contribution in [0.3, 0.4) is 0 Å². The van der Waals surface area contributed by atoms with Crippen molar-refractivity contribution in [2.75, 3.05) is 19.7 Å². The lowest BCUT2D eigenvalue weighted by molar-refractivity contribution is 0.137. The molecule has 1 aliphatic rings. The number of ether oxygens (including phenoxy) is 2. The molecule has 0 unspecified atom stereocenters. The monoisotopic (exact) mass is 379 g/mol. The summed E-state index contributed by atoms with van der Waals surface area (Å²) in [7, 11) is 0. The molecule has 2 aromatic carbocycles. The van der Waals surface area contributed by atoms with Gasteiger partial charge >= 0.3 is 0 Å². The first-order valence-electron chi connectivity index (χ1n) is 10.4. The van der Waals surface area contributed by atoms with E-state index in [4.69, 9.17) is 9.47 Å². The van der Waals surface area contributed by atoms with E-state index in [0.717, 1.165) is 41.7 Å². The Bertz CT molecular complexity index is 836. The molecule has 0 atom stereocenters. The SMILES string of the molecule is CCN(CCOc1ccc(Oc2nc3ccccc3[nH]2)cc1)C1CCCCC1. The standard InChI is InChI=1S/C23H29N3O2/c1-2-26(18-8-4-3-5-9-18)16-17-27-19-12-14-20(15-13-19)28-23-24-21-10-6-7-11-22(21)25-23/h6-7,10-15,18H,2-5,8-9,16-17H2,1H3,(H,24,25). The summed E-state index contributed by atoms with van der Waals surface area (Å²) in [6.07, 6.45) is 6.81. The normalized spacial score (nSPS) is 15.2. The summed E-state index contributed by atoms with van der Waals surface area (Å²) < 4.78 is 11.8. The quantitative estimate of drug-likeness (QED) is 0.570. The highest BCUT2D eigenvalue weighted by molar-refractivity contribution is 5.75. The van der Waals surface area contributed by atoms with E-state index in [1.807, 2.05) is 48.5 Å². The van der Waals surface area contributed by atoms with Crippen molar-refractivity contribution in [3.8, 4) is 17.5 Å². The molecule has 28 heavy (non-hydrogen) atoms. The number of likely N-dealkylation sites (N-methyl/N-ethyl adjacent to an activating group) is 1. The van der Waals surface area contributed by atoms with E-state index in [1.165, 1.54) is 32.1 Å². The smallest absolute Gasteiger partial charge is 0.300 e. The molecule has 0 radical (unpaired) electrons. The number of H-pyrrole nitrogens is 1. The second kappa shape index (κ2) is 9.11. The fourth-order valence-electron chi connectivity index (χ4n) is 4.02. The number of nitrogens with one attached hydrogen (secondary N) is 1. The molecule has 1 aromatic heterocycles. The average molecular weight is 380 g/mol. The molecule has 5 nitrogen and oxygen atoms in total. The molecule has 3 aromatic rings. The lowest BCUT2D eigenvalue weighted by atomic mass is 9.94. The van der Waals surface area contributed by atoms with Crippen LogP contribution in [0.5, 0.6) is 17.5 Å². The number of benzene rings is 2. The molecule has 4 rings (SSSR count). The van der Waals surface area contributed by atoms with Crippen LogP contribution < -0.4 is 9.47 Å². The predicted molar refractivity (Wildman–Crippen MR) is 112 cm³/mol. The van der Waals surface area contributed by atoms with Crippen molar-refractivity contribution in [1.82, 2.24) is 14.9 Å². The van der Waals surface area contributed by atoms with Crippen molar-refractivity contribution in [1.29, 1.82) is 0 Å². The van der Waals surface area contributed by atoms with Gasteiger partial charge in [0.15, 0.2) is 0 Å². The minimum Gasteiger partial charge on any atom is -0.492 e. The highest BCUT2D eigenvalue weighted by Gasteiger charge is 2.19. The Labute approximate surface area is 166 Å². The molecular weight excluding hydrogens is 350 g/mol. The maximum atomic E-state index is 5.96. The number of nitrogens with zero attached hydrogens (tertiary/aromatic N) is 2. The largest absolute Gasteiger partial charge is 0.492 e. The van der Waals surface area contributed by atoms with Gasteiger partial charge in [0, 0.05) is 12.6 Å². The van der Waals surface area contributed by atoms with E-state index in [-0.39, 0.29) is 0 Å². The van der Waals surface area contributed by atoms with Gasteiger partial charge < -0.3 is 14.5 Å². The van der Waals surface area contributed by atoms with E-state index in [1.54, 1.807) is 0 Å². The average Bonchev–Trinajstić information content (AvgIpc) is 3.15. The fraction of sp³-hybridized carbons (Fsp3) is 0.435. The Morgan fingerprint density at radius 2 is 1.75 bits per heavy atom. The predicted octanol–water partition coefficient (Wildman–Crippen LogP) is 5.39. The van der Waals surface area contributed by atoms with E-state index < -0.39 is 0 Å². The van der Waals surface area contributed by atoms with Gasteiger partial charge in [-0.1, -0.05) is 38.3 Å². The second-order valence-corrected chi connectivity index (χ2v) is 7.40. The number of hydrogen-bond donors (Lipinski definition) is 1. The molecule has 1 heterocycles. The molecule has 148 valence electrons. The third-order valence-electron chi connectivity index (χ3n) is 5.55. The second-order valence-electron chi connectivity index (χ2n) is 7.40. The Morgan fingerprint density at radius 3 is 2.50 bits per heavy atom. The minimum atomic E-state index is 0.501. The van der Waals surface area contributed by atoms with Gasteiger partial charge in [-0.05, 0) is 55.8 Å². The van der Waals surface area contributed by atoms with Crippen LogP contribution in [0.4, 0.5) is 0 Å². The molecule has 1 N–H and O–H groups in total. The maximum absolute atomic E-state index is 5.96. The first kappa shape index (κ1) is 18.8. The molecule has 1 fully saturated rings. The van der Waals surface area contributed by atoms with Crippen molar-refractivity contribution in [3.63, 3.8) is 0 Å². The molecule has 0 bridgehead atoms. The van der Waals surface area contributed by atoms with Crippen molar-refractivity contribution in [3.05, 3.63) is 48.5 Å². The molecule has 1 saturated carbocycles. The summed E-state index contributed by atoms with van der Waals surface area (Å²) in [6.45, 7) is 5.05. The first-order chi connectivity index (χ1) is 13.8. The maximum Gasteiger partial charge on any atom is 0.300 e. The van der Waals surface area contributed by atoms with Crippen molar-refractivity contribution >= 4 is 11.0 Å². The Morgan fingerprint density at radius 1 is 1.00 bits per heavy atom. The van der Waals surface area contributed by atoms with Crippen molar-refractivity contribution < 1.29 is 9.47 Å². The lowest BCUT2D eigenvalue weighted by Crippen LogP contribution is -2.39. The topological polar surface area (TPSA) is 50.4 Å². The van der Waals surface area contributed by atoms with Crippen LogP contribution >= 0.6 is 0 Å². The zero-order valence-corrected chi connectivity index (χ0v) is 16.6. The highest BCUT2D eigenvalue weighted by atomic mass is 16.5. The number of hydrogen-bond acceptors (Lipinski definition) is 4. The summed E-state index contributed by atoms with van der Waals surface area (Å²) in [5, 5.41) is 0.